The van der Waals surface area contributed by atoms with E-state index in [9.17, 15) is 10.5 Å². The number of hydrogen-bond donors (Lipinski definition) is 1. The van der Waals surface area contributed by atoms with Gasteiger partial charge in [-0.15, -0.1) is 5.10 Å². The first-order valence-electron chi connectivity index (χ1n) is 10.5. The van der Waals surface area contributed by atoms with Crippen molar-refractivity contribution in [2.75, 3.05) is 30.8 Å². The topological polar surface area (TPSA) is 112 Å². The second kappa shape index (κ2) is 9.30. The first-order chi connectivity index (χ1) is 15.5. The molecule has 3 aromatic rings. The quantitative estimate of drug-likeness (QED) is 0.582. The van der Waals surface area contributed by atoms with E-state index < -0.39 is 0 Å². The van der Waals surface area contributed by atoms with Gasteiger partial charge < -0.3 is 15.4 Å². The van der Waals surface area contributed by atoms with Crippen LogP contribution in [0.15, 0.2) is 30.3 Å². The molecule has 1 aromatic heterocycles. The molecule has 1 aliphatic heterocycles. The lowest BCUT2D eigenvalue weighted by Gasteiger charge is -2.30. The Hall–Kier alpha value is -3.55. The fourth-order valence-corrected chi connectivity index (χ4v) is 4.46. The molecule has 1 saturated heterocycles. The molecule has 2 N–H and O–H groups in total. The highest BCUT2D eigenvalue weighted by atomic mass is 35.5. The van der Waals surface area contributed by atoms with E-state index in [0.717, 1.165) is 53.8 Å². The summed E-state index contributed by atoms with van der Waals surface area (Å²) in [5.41, 5.74) is 9.06. The van der Waals surface area contributed by atoms with Crippen LogP contribution in [-0.4, -0.2) is 30.4 Å². The van der Waals surface area contributed by atoms with E-state index in [1.54, 1.807) is 13.2 Å². The summed E-state index contributed by atoms with van der Waals surface area (Å²) in [6, 6.07) is 13.9. The Bertz CT molecular complexity index is 1240. The van der Waals surface area contributed by atoms with Gasteiger partial charge in [0.1, 0.15) is 11.8 Å². The summed E-state index contributed by atoms with van der Waals surface area (Å²) in [6.07, 6.45) is 2.88. The van der Waals surface area contributed by atoms with Crippen molar-refractivity contribution in [2.24, 2.45) is 5.92 Å². The monoisotopic (exact) mass is 446 g/mol. The van der Waals surface area contributed by atoms with E-state index in [1.165, 1.54) is 0 Å². The maximum absolute atomic E-state index is 9.50. The predicted octanol–water partition coefficient (Wildman–Crippen LogP) is 4.27. The van der Waals surface area contributed by atoms with Crippen molar-refractivity contribution in [3.8, 4) is 17.9 Å². The lowest BCUT2D eigenvalue weighted by atomic mass is 9.97. The van der Waals surface area contributed by atoms with Crippen molar-refractivity contribution >= 4 is 33.9 Å². The fraction of sp³-hybridized carbons (Fsp3) is 0.333. The van der Waals surface area contributed by atoms with Gasteiger partial charge in [0.05, 0.1) is 35.1 Å². The summed E-state index contributed by atoms with van der Waals surface area (Å²) >= 11 is 6.26. The number of piperidine rings is 1. The number of fused-ring (bicyclic) bond motifs is 1. The Morgan fingerprint density at radius 1 is 1.16 bits per heavy atom. The SMILES string of the molecule is COc1ccc(CCc2nnc(N3CCC(C#N)CC3)c3ccc(C#N)c(N)c23)cc1Cl. The Labute approximate surface area is 192 Å². The van der Waals surface area contributed by atoms with Crippen LogP contribution < -0.4 is 15.4 Å². The number of nitrogens with zero attached hydrogens (tertiary/aromatic N) is 5. The third kappa shape index (κ3) is 4.12. The van der Waals surface area contributed by atoms with Crippen LogP contribution in [0.2, 0.25) is 5.02 Å². The van der Waals surface area contributed by atoms with Gasteiger partial charge >= 0.3 is 0 Å². The number of aryl methyl sites for hydroxylation is 2. The number of nitrogens with two attached hydrogens (primary N) is 1. The molecule has 162 valence electrons. The van der Waals surface area contributed by atoms with Crippen LogP contribution in [0.25, 0.3) is 10.8 Å². The number of halogens is 1. The molecular formula is C24H23ClN6O. The van der Waals surface area contributed by atoms with E-state index in [4.69, 9.17) is 22.1 Å². The minimum absolute atomic E-state index is 0.0799. The molecular weight excluding hydrogens is 424 g/mol. The van der Waals surface area contributed by atoms with Crippen LogP contribution in [0.1, 0.15) is 29.7 Å². The lowest BCUT2D eigenvalue weighted by molar-refractivity contribution is 0.415. The van der Waals surface area contributed by atoms with Crippen LogP contribution >= 0.6 is 11.6 Å². The number of hydrogen-bond acceptors (Lipinski definition) is 7. The zero-order chi connectivity index (χ0) is 22.7. The van der Waals surface area contributed by atoms with Crippen molar-refractivity contribution in [2.45, 2.75) is 25.7 Å². The van der Waals surface area contributed by atoms with Gasteiger partial charge in [0.2, 0.25) is 0 Å². The zero-order valence-corrected chi connectivity index (χ0v) is 18.6. The van der Waals surface area contributed by atoms with Crippen molar-refractivity contribution in [1.29, 1.82) is 10.5 Å². The molecule has 0 unspecified atom stereocenters. The molecule has 0 amide bonds. The molecule has 2 heterocycles. The normalized spacial score (nSPS) is 14.2. The molecule has 0 aliphatic carbocycles. The minimum atomic E-state index is 0.0799. The van der Waals surface area contributed by atoms with Gasteiger partial charge in [-0.05, 0) is 55.5 Å². The van der Waals surface area contributed by atoms with Gasteiger partial charge in [0.25, 0.3) is 0 Å². The summed E-state index contributed by atoms with van der Waals surface area (Å²) in [5.74, 6) is 1.47. The number of anilines is 2. The second-order valence-electron chi connectivity index (χ2n) is 7.89. The smallest absolute Gasteiger partial charge is 0.159 e. The molecule has 4 rings (SSSR count). The Morgan fingerprint density at radius 2 is 1.94 bits per heavy atom. The molecule has 0 radical (unpaired) electrons. The van der Waals surface area contributed by atoms with Gasteiger partial charge in [-0.2, -0.15) is 15.6 Å². The van der Waals surface area contributed by atoms with Crippen molar-refractivity contribution in [3.05, 3.63) is 52.2 Å². The van der Waals surface area contributed by atoms with Gasteiger partial charge in [-0.25, -0.2) is 0 Å². The average molecular weight is 447 g/mol. The van der Waals surface area contributed by atoms with E-state index in [0.29, 0.717) is 34.9 Å². The predicted molar refractivity (Wildman–Crippen MR) is 125 cm³/mol. The number of benzene rings is 2. The fourth-order valence-electron chi connectivity index (χ4n) is 4.18. The van der Waals surface area contributed by atoms with Crippen molar-refractivity contribution in [3.63, 3.8) is 0 Å². The Kier molecular flexibility index (Phi) is 6.30. The summed E-state index contributed by atoms with van der Waals surface area (Å²) in [7, 11) is 1.59. The Balaban J connectivity index is 1.69. The number of aromatic nitrogens is 2. The van der Waals surface area contributed by atoms with E-state index >= 15 is 0 Å². The Morgan fingerprint density at radius 3 is 2.59 bits per heavy atom. The van der Waals surface area contributed by atoms with Gasteiger partial charge in [0.15, 0.2) is 5.82 Å². The van der Waals surface area contributed by atoms with Crippen LogP contribution in [0.5, 0.6) is 5.75 Å². The van der Waals surface area contributed by atoms with Crippen molar-refractivity contribution < 1.29 is 4.74 Å². The molecule has 32 heavy (non-hydrogen) atoms. The first kappa shape index (κ1) is 21.7. The zero-order valence-electron chi connectivity index (χ0n) is 17.8. The summed E-state index contributed by atoms with van der Waals surface area (Å²) in [6.45, 7) is 1.48. The van der Waals surface area contributed by atoms with Crippen LogP contribution in [-0.2, 0) is 12.8 Å². The van der Waals surface area contributed by atoms with Gasteiger partial charge in [0, 0.05) is 29.8 Å². The van der Waals surface area contributed by atoms with E-state index in [1.807, 2.05) is 24.3 Å². The van der Waals surface area contributed by atoms with Gasteiger partial charge in [-0.1, -0.05) is 17.7 Å². The third-order valence-electron chi connectivity index (χ3n) is 6.00. The molecule has 0 saturated carbocycles. The first-order valence-corrected chi connectivity index (χ1v) is 10.9. The molecule has 7 nitrogen and oxygen atoms in total. The molecule has 0 spiro atoms. The number of nitrogen functional groups attached to an aromatic ring is 1. The standard InChI is InChI=1S/C24H23ClN6O/c1-32-21-7-3-15(12-19(21)25)2-6-20-22-18(5-4-17(14-27)23(22)28)24(30-29-20)31-10-8-16(13-26)9-11-31/h3-5,7,12,16H,2,6,8-11,28H2,1H3. The summed E-state index contributed by atoms with van der Waals surface area (Å²) in [4.78, 5) is 2.15. The summed E-state index contributed by atoms with van der Waals surface area (Å²) < 4.78 is 5.22. The van der Waals surface area contributed by atoms with Crippen molar-refractivity contribution in [1.82, 2.24) is 10.2 Å². The second-order valence-corrected chi connectivity index (χ2v) is 8.30. The van der Waals surface area contributed by atoms with Gasteiger partial charge in [-0.3, -0.25) is 0 Å². The lowest BCUT2D eigenvalue weighted by Crippen LogP contribution is -2.34. The highest BCUT2D eigenvalue weighted by molar-refractivity contribution is 6.32. The molecule has 0 bridgehead atoms. The number of methoxy groups -OCH3 is 1. The summed E-state index contributed by atoms with van der Waals surface area (Å²) in [5, 5.41) is 30.0. The van der Waals surface area contributed by atoms with Crippen LogP contribution in [0, 0.1) is 28.6 Å². The maximum Gasteiger partial charge on any atom is 0.159 e. The maximum atomic E-state index is 9.50. The third-order valence-corrected chi connectivity index (χ3v) is 6.30. The molecule has 0 atom stereocenters. The largest absolute Gasteiger partial charge is 0.495 e. The molecule has 2 aromatic carbocycles. The number of rotatable bonds is 5. The van der Waals surface area contributed by atoms with Crippen LogP contribution in [0.3, 0.4) is 0 Å². The minimum Gasteiger partial charge on any atom is -0.495 e. The van der Waals surface area contributed by atoms with E-state index in [-0.39, 0.29) is 5.92 Å². The number of ether oxygens (including phenoxy) is 1. The average Bonchev–Trinajstić information content (AvgIpc) is 2.83. The molecule has 1 aliphatic rings. The highest BCUT2D eigenvalue weighted by Gasteiger charge is 2.23. The van der Waals surface area contributed by atoms with E-state index in [2.05, 4.69) is 27.2 Å². The van der Waals surface area contributed by atoms with Crippen LogP contribution in [0.4, 0.5) is 11.5 Å². The molecule has 1 fully saturated rings. The number of nitriles is 2. The molecule has 8 heteroatoms. The highest BCUT2D eigenvalue weighted by Crippen LogP contribution is 2.34.